The summed E-state index contributed by atoms with van der Waals surface area (Å²) in [5.41, 5.74) is 1.19. The predicted octanol–water partition coefficient (Wildman–Crippen LogP) is 3.29. The van der Waals surface area contributed by atoms with Gasteiger partial charge in [0.2, 0.25) is 0 Å². The van der Waals surface area contributed by atoms with Gasteiger partial charge in [-0.2, -0.15) is 0 Å². The average Bonchev–Trinajstić information content (AvgIpc) is 3.06. The van der Waals surface area contributed by atoms with Crippen LogP contribution in [0.1, 0.15) is 48.7 Å². The van der Waals surface area contributed by atoms with Gasteiger partial charge in [0.15, 0.2) is 6.10 Å². The molecule has 0 bridgehead atoms. The molecule has 0 spiro atoms. The van der Waals surface area contributed by atoms with E-state index in [1.54, 1.807) is 26.0 Å². The standard InChI is InChI=1S/C19H21FN2O3/c1-11-16(9-13-7-8-14(20)10-17(13)21-11)19(24)25-12(2)18(23)22-15-5-3-4-6-15/h7-10,12,15H,3-6H2,1-2H3,(H,22,23). The quantitative estimate of drug-likeness (QED) is 0.864. The van der Waals surface area contributed by atoms with Gasteiger partial charge in [0.25, 0.3) is 5.91 Å². The van der Waals surface area contributed by atoms with Crippen LogP contribution in [0.25, 0.3) is 10.9 Å². The van der Waals surface area contributed by atoms with Crippen LogP contribution in [0.3, 0.4) is 0 Å². The lowest BCUT2D eigenvalue weighted by Crippen LogP contribution is -2.40. The third kappa shape index (κ3) is 3.95. The van der Waals surface area contributed by atoms with E-state index in [9.17, 15) is 14.0 Å². The fourth-order valence-corrected chi connectivity index (χ4v) is 3.11. The Morgan fingerprint density at radius 3 is 2.72 bits per heavy atom. The Labute approximate surface area is 145 Å². The molecule has 1 aliphatic rings. The van der Waals surface area contributed by atoms with Crippen molar-refractivity contribution < 1.29 is 18.7 Å². The number of pyridine rings is 1. The molecule has 1 unspecified atom stereocenters. The number of carbonyl (C=O) groups is 2. The zero-order valence-electron chi connectivity index (χ0n) is 14.3. The average molecular weight is 344 g/mol. The number of nitrogens with zero attached hydrogens (tertiary/aromatic N) is 1. The van der Waals surface area contributed by atoms with E-state index in [0.29, 0.717) is 16.6 Å². The van der Waals surface area contributed by atoms with E-state index in [2.05, 4.69) is 10.3 Å². The molecule has 3 rings (SSSR count). The number of amides is 1. The van der Waals surface area contributed by atoms with Crippen LogP contribution in [-0.2, 0) is 9.53 Å². The highest BCUT2D eigenvalue weighted by Crippen LogP contribution is 2.20. The zero-order valence-corrected chi connectivity index (χ0v) is 14.3. The van der Waals surface area contributed by atoms with Gasteiger partial charge in [-0.15, -0.1) is 0 Å². The first kappa shape index (κ1) is 17.3. The number of aryl methyl sites for hydroxylation is 1. The van der Waals surface area contributed by atoms with Crippen molar-refractivity contribution in [2.24, 2.45) is 0 Å². The molecule has 1 amide bonds. The van der Waals surface area contributed by atoms with E-state index in [0.717, 1.165) is 25.7 Å². The van der Waals surface area contributed by atoms with Crippen LogP contribution in [0.4, 0.5) is 4.39 Å². The molecule has 2 aromatic rings. The lowest BCUT2D eigenvalue weighted by molar-refractivity contribution is -0.129. The van der Waals surface area contributed by atoms with Crippen molar-refractivity contribution >= 4 is 22.8 Å². The SMILES string of the molecule is Cc1nc2cc(F)ccc2cc1C(=O)OC(C)C(=O)NC1CCCC1. The summed E-state index contributed by atoms with van der Waals surface area (Å²) in [6.45, 7) is 3.21. The van der Waals surface area contributed by atoms with Crippen molar-refractivity contribution in [3.63, 3.8) is 0 Å². The summed E-state index contributed by atoms with van der Waals surface area (Å²) in [6.07, 6.45) is 3.29. The lowest BCUT2D eigenvalue weighted by atomic mass is 10.1. The highest BCUT2D eigenvalue weighted by atomic mass is 19.1. The van der Waals surface area contributed by atoms with Crippen molar-refractivity contribution in [2.75, 3.05) is 0 Å². The number of nitrogens with one attached hydrogen (secondary N) is 1. The van der Waals surface area contributed by atoms with Gasteiger partial charge < -0.3 is 10.1 Å². The van der Waals surface area contributed by atoms with Crippen LogP contribution >= 0.6 is 0 Å². The van der Waals surface area contributed by atoms with Crippen molar-refractivity contribution in [3.8, 4) is 0 Å². The molecule has 6 heteroatoms. The molecule has 1 atom stereocenters. The normalized spacial score (nSPS) is 16.0. The maximum atomic E-state index is 13.3. The van der Waals surface area contributed by atoms with Crippen molar-refractivity contribution in [2.45, 2.75) is 51.7 Å². The number of halogens is 1. The first-order chi connectivity index (χ1) is 11.9. The minimum atomic E-state index is -0.878. The van der Waals surface area contributed by atoms with Crippen LogP contribution in [-0.4, -0.2) is 29.0 Å². The molecule has 132 valence electrons. The number of esters is 1. The molecular weight excluding hydrogens is 323 g/mol. The summed E-state index contributed by atoms with van der Waals surface area (Å²) in [5.74, 6) is -1.27. The number of rotatable bonds is 4. The van der Waals surface area contributed by atoms with Crippen LogP contribution < -0.4 is 5.32 Å². The number of benzene rings is 1. The highest BCUT2D eigenvalue weighted by Gasteiger charge is 2.24. The van der Waals surface area contributed by atoms with E-state index >= 15 is 0 Å². The van der Waals surface area contributed by atoms with Crippen LogP contribution in [0, 0.1) is 12.7 Å². The van der Waals surface area contributed by atoms with E-state index in [1.807, 2.05) is 0 Å². The molecule has 1 aliphatic carbocycles. The molecule has 5 nitrogen and oxygen atoms in total. The minimum Gasteiger partial charge on any atom is -0.449 e. The first-order valence-electron chi connectivity index (χ1n) is 8.52. The Hall–Kier alpha value is -2.50. The van der Waals surface area contributed by atoms with Gasteiger partial charge in [0.1, 0.15) is 5.82 Å². The second-order valence-electron chi connectivity index (χ2n) is 6.50. The van der Waals surface area contributed by atoms with Gasteiger partial charge in [-0.1, -0.05) is 12.8 Å². The fraction of sp³-hybridized carbons (Fsp3) is 0.421. The molecule has 1 fully saturated rings. The number of fused-ring (bicyclic) bond motifs is 1. The summed E-state index contributed by atoms with van der Waals surface area (Å²) in [4.78, 5) is 28.8. The van der Waals surface area contributed by atoms with Crippen molar-refractivity contribution in [1.29, 1.82) is 0 Å². The van der Waals surface area contributed by atoms with E-state index < -0.39 is 12.1 Å². The first-order valence-corrected chi connectivity index (χ1v) is 8.52. The van der Waals surface area contributed by atoms with Gasteiger partial charge >= 0.3 is 5.97 Å². The Morgan fingerprint density at radius 2 is 2.00 bits per heavy atom. The second-order valence-corrected chi connectivity index (χ2v) is 6.50. The van der Waals surface area contributed by atoms with Crippen LogP contribution in [0.2, 0.25) is 0 Å². The Balaban J connectivity index is 1.71. The number of hydrogen-bond donors (Lipinski definition) is 1. The summed E-state index contributed by atoms with van der Waals surface area (Å²) >= 11 is 0. The molecule has 1 saturated carbocycles. The second kappa shape index (κ2) is 7.17. The third-order valence-corrected chi connectivity index (χ3v) is 4.54. The Bertz CT molecular complexity index is 816. The molecule has 1 aromatic carbocycles. The third-order valence-electron chi connectivity index (χ3n) is 4.54. The largest absolute Gasteiger partial charge is 0.449 e. The van der Waals surface area contributed by atoms with E-state index in [-0.39, 0.29) is 23.3 Å². The zero-order chi connectivity index (χ0) is 18.0. The Morgan fingerprint density at radius 1 is 1.28 bits per heavy atom. The van der Waals surface area contributed by atoms with Crippen LogP contribution in [0.5, 0.6) is 0 Å². The molecule has 0 saturated heterocycles. The molecular formula is C19H21FN2O3. The molecule has 1 heterocycles. The highest BCUT2D eigenvalue weighted by molar-refractivity contribution is 5.96. The fourth-order valence-electron chi connectivity index (χ4n) is 3.11. The monoisotopic (exact) mass is 344 g/mol. The topological polar surface area (TPSA) is 68.3 Å². The smallest absolute Gasteiger partial charge is 0.340 e. The van der Waals surface area contributed by atoms with Crippen molar-refractivity contribution in [3.05, 3.63) is 41.3 Å². The van der Waals surface area contributed by atoms with Gasteiger partial charge in [0.05, 0.1) is 16.8 Å². The number of ether oxygens (including phenoxy) is 1. The summed E-state index contributed by atoms with van der Waals surface area (Å²) in [6, 6.07) is 5.97. The minimum absolute atomic E-state index is 0.174. The van der Waals surface area contributed by atoms with Gasteiger partial charge in [-0.25, -0.2) is 9.18 Å². The molecule has 1 aromatic heterocycles. The van der Waals surface area contributed by atoms with Gasteiger partial charge in [-0.3, -0.25) is 9.78 Å². The summed E-state index contributed by atoms with van der Waals surface area (Å²) in [7, 11) is 0. The van der Waals surface area contributed by atoms with E-state index in [4.69, 9.17) is 4.74 Å². The number of aromatic nitrogens is 1. The van der Waals surface area contributed by atoms with Crippen LogP contribution in [0.15, 0.2) is 24.3 Å². The van der Waals surface area contributed by atoms with Crippen molar-refractivity contribution in [1.82, 2.24) is 10.3 Å². The molecule has 0 radical (unpaired) electrons. The Kier molecular flexibility index (Phi) is 4.97. The number of hydrogen-bond acceptors (Lipinski definition) is 4. The summed E-state index contributed by atoms with van der Waals surface area (Å²) in [5, 5.41) is 3.55. The molecule has 1 N–H and O–H groups in total. The lowest BCUT2D eigenvalue weighted by Gasteiger charge is -2.17. The molecule has 25 heavy (non-hydrogen) atoms. The maximum Gasteiger partial charge on any atom is 0.340 e. The summed E-state index contributed by atoms with van der Waals surface area (Å²) < 4.78 is 18.6. The van der Waals surface area contributed by atoms with Gasteiger partial charge in [0, 0.05) is 17.5 Å². The maximum absolute atomic E-state index is 13.3. The van der Waals surface area contributed by atoms with E-state index in [1.165, 1.54) is 12.1 Å². The number of carbonyl (C=O) groups excluding carboxylic acids is 2. The predicted molar refractivity (Wildman–Crippen MR) is 91.7 cm³/mol. The molecule has 0 aliphatic heterocycles. The van der Waals surface area contributed by atoms with Gasteiger partial charge in [-0.05, 0) is 44.9 Å².